The first-order chi connectivity index (χ1) is 6.04. The number of aliphatic hydroxyl groups excluding tert-OH is 1. The second kappa shape index (κ2) is 4.09. The monoisotopic (exact) mass is 199 g/mol. The maximum atomic E-state index is 9.32. The topological polar surface area (TPSA) is 46.2 Å². The van der Waals surface area contributed by atoms with E-state index >= 15 is 0 Å². The molecule has 13 heavy (non-hydrogen) atoms. The van der Waals surface area contributed by atoms with Crippen LogP contribution in [0.3, 0.4) is 0 Å². The molecule has 1 rings (SSSR count). The maximum Gasteiger partial charge on any atom is 0.0704 e. The number of nitrogens with two attached hydrogens (primary N) is 1. The zero-order valence-corrected chi connectivity index (χ0v) is 8.55. The Hall–Kier alpha value is -0.570. The van der Waals surface area contributed by atoms with E-state index in [0.717, 1.165) is 11.1 Å². The van der Waals surface area contributed by atoms with Gasteiger partial charge in [-0.3, -0.25) is 0 Å². The Morgan fingerprint density at radius 3 is 2.62 bits per heavy atom. The van der Waals surface area contributed by atoms with Crippen molar-refractivity contribution in [2.24, 2.45) is 5.73 Å². The number of aliphatic hydroxyl groups is 1. The van der Waals surface area contributed by atoms with E-state index < -0.39 is 6.10 Å². The van der Waals surface area contributed by atoms with Gasteiger partial charge >= 0.3 is 0 Å². The average molecular weight is 200 g/mol. The molecule has 2 nitrogen and oxygen atoms in total. The van der Waals surface area contributed by atoms with Crippen molar-refractivity contribution in [2.75, 3.05) is 0 Å². The van der Waals surface area contributed by atoms with Gasteiger partial charge in [0.2, 0.25) is 0 Å². The van der Waals surface area contributed by atoms with Crippen LogP contribution in [0.25, 0.3) is 0 Å². The lowest BCUT2D eigenvalue weighted by Gasteiger charge is -2.17. The molecule has 72 valence electrons. The second-order valence-corrected chi connectivity index (χ2v) is 3.63. The third kappa shape index (κ3) is 2.21. The molecule has 2 atom stereocenters. The third-order valence-electron chi connectivity index (χ3n) is 2.19. The Bertz CT molecular complexity index is 299. The smallest absolute Gasteiger partial charge is 0.0704 e. The van der Waals surface area contributed by atoms with Crippen LogP contribution in [-0.4, -0.2) is 11.2 Å². The normalized spacial score (nSPS) is 15.5. The fourth-order valence-corrected chi connectivity index (χ4v) is 1.43. The van der Waals surface area contributed by atoms with Crippen molar-refractivity contribution >= 4 is 11.6 Å². The highest BCUT2D eigenvalue weighted by Gasteiger charge is 2.14. The van der Waals surface area contributed by atoms with Crippen molar-refractivity contribution in [3.63, 3.8) is 0 Å². The first kappa shape index (κ1) is 10.5. The predicted molar refractivity (Wildman–Crippen MR) is 54.8 cm³/mol. The fraction of sp³-hybridized carbons (Fsp3) is 0.400. The van der Waals surface area contributed by atoms with Crippen molar-refractivity contribution in [1.29, 1.82) is 0 Å². The fourth-order valence-electron chi connectivity index (χ4n) is 1.25. The Morgan fingerprint density at radius 2 is 2.08 bits per heavy atom. The average Bonchev–Trinajstić information content (AvgIpc) is 2.08. The lowest BCUT2D eigenvalue weighted by Crippen LogP contribution is -2.23. The van der Waals surface area contributed by atoms with Crippen LogP contribution >= 0.6 is 11.6 Å². The highest BCUT2D eigenvalue weighted by molar-refractivity contribution is 6.31. The summed E-state index contributed by atoms with van der Waals surface area (Å²) in [6.07, 6.45) is -0.558. The van der Waals surface area contributed by atoms with Crippen molar-refractivity contribution in [2.45, 2.75) is 26.0 Å². The third-order valence-corrected chi connectivity index (χ3v) is 2.60. The Labute approximate surface area is 83.3 Å². The molecule has 0 amide bonds. The highest BCUT2D eigenvalue weighted by atomic mass is 35.5. The van der Waals surface area contributed by atoms with E-state index in [4.69, 9.17) is 17.3 Å². The van der Waals surface area contributed by atoms with Crippen LogP contribution in [0.1, 0.15) is 24.1 Å². The van der Waals surface area contributed by atoms with E-state index in [9.17, 15) is 5.11 Å². The molecular formula is C10H14ClNO. The van der Waals surface area contributed by atoms with Gasteiger partial charge < -0.3 is 10.8 Å². The largest absolute Gasteiger partial charge is 0.391 e. The zero-order chi connectivity index (χ0) is 10.0. The standard InChI is InChI=1S/C10H14ClNO/c1-6-8(10(12)7(2)13)4-3-5-9(6)11/h3-5,7,10,13H,12H2,1-2H3/t7-,10-/m0/s1. The van der Waals surface area contributed by atoms with Gasteiger partial charge in [-0.25, -0.2) is 0 Å². The molecule has 0 saturated heterocycles. The SMILES string of the molecule is Cc1c(Cl)cccc1[C@@H](N)[C@H](C)O. The number of rotatable bonds is 2. The van der Waals surface area contributed by atoms with E-state index in [0.29, 0.717) is 5.02 Å². The lowest BCUT2D eigenvalue weighted by atomic mass is 9.99. The second-order valence-electron chi connectivity index (χ2n) is 3.22. The summed E-state index contributed by atoms with van der Waals surface area (Å²) in [4.78, 5) is 0. The first-order valence-corrected chi connectivity index (χ1v) is 4.60. The van der Waals surface area contributed by atoms with Crippen molar-refractivity contribution in [1.82, 2.24) is 0 Å². The molecule has 3 N–H and O–H groups in total. The van der Waals surface area contributed by atoms with Crippen LogP contribution in [-0.2, 0) is 0 Å². The van der Waals surface area contributed by atoms with Gasteiger partial charge in [-0.2, -0.15) is 0 Å². The molecule has 0 bridgehead atoms. The van der Waals surface area contributed by atoms with Gasteiger partial charge in [0.15, 0.2) is 0 Å². The zero-order valence-electron chi connectivity index (χ0n) is 7.79. The van der Waals surface area contributed by atoms with E-state index in [1.165, 1.54) is 0 Å². The summed E-state index contributed by atoms with van der Waals surface area (Å²) in [6.45, 7) is 3.57. The summed E-state index contributed by atoms with van der Waals surface area (Å²) >= 11 is 5.93. The molecule has 0 fully saturated rings. The molecule has 0 spiro atoms. The summed E-state index contributed by atoms with van der Waals surface area (Å²) in [5, 5.41) is 10.0. The summed E-state index contributed by atoms with van der Waals surface area (Å²) in [5.41, 5.74) is 7.65. The van der Waals surface area contributed by atoms with Gasteiger partial charge in [-0.05, 0) is 31.0 Å². The van der Waals surface area contributed by atoms with Crippen LogP contribution in [0.2, 0.25) is 5.02 Å². The van der Waals surface area contributed by atoms with Gasteiger partial charge in [0.1, 0.15) is 0 Å². The molecule has 1 aromatic carbocycles. The van der Waals surface area contributed by atoms with Gasteiger partial charge in [0.25, 0.3) is 0 Å². The molecule has 0 aliphatic carbocycles. The molecule has 0 radical (unpaired) electrons. The van der Waals surface area contributed by atoms with Gasteiger partial charge in [-0.15, -0.1) is 0 Å². The summed E-state index contributed by atoms with van der Waals surface area (Å²) < 4.78 is 0. The van der Waals surface area contributed by atoms with Crippen LogP contribution in [0.5, 0.6) is 0 Å². The molecule has 0 aliphatic heterocycles. The molecular weight excluding hydrogens is 186 g/mol. The number of hydrogen-bond acceptors (Lipinski definition) is 2. The molecule has 0 aliphatic rings. The minimum absolute atomic E-state index is 0.362. The molecule has 3 heteroatoms. The van der Waals surface area contributed by atoms with Crippen LogP contribution in [0.4, 0.5) is 0 Å². The van der Waals surface area contributed by atoms with E-state index in [1.807, 2.05) is 25.1 Å². The Balaban J connectivity index is 3.07. The molecule has 0 unspecified atom stereocenters. The minimum atomic E-state index is -0.558. The summed E-state index contributed by atoms with van der Waals surface area (Å²) in [6, 6.07) is 5.18. The Morgan fingerprint density at radius 1 is 1.46 bits per heavy atom. The van der Waals surface area contributed by atoms with Crippen molar-refractivity contribution < 1.29 is 5.11 Å². The maximum absolute atomic E-state index is 9.32. The highest BCUT2D eigenvalue weighted by Crippen LogP contribution is 2.24. The summed E-state index contributed by atoms with van der Waals surface area (Å²) in [5.74, 6) is 0. The van der Waals surface area contributed by atoms with Crippen molar-refractivity contribution in [3.8, 4) is 0 Å². The predicted octanol–water partition coefficient (Wildman–Crippen LogP) is 2.03. The van der Waals surface area contributed by atoms with E-state index in [2.05, 4.69) is 0 Å². The number of benzene rings is 1. The van der Waals surface area contributed by atoms with Gasteiger partial charge in [0.05, 0.1) is 12.1 Å². The van der Waals surface area contributed by atoms with E-state index in [1.54, 1.807) is 6.92 Å². The molecule has 0 saturated carbocycles. The first-order valence-electron chi connectivity index (χ1n) is 4.22. The van der Waals surface area contributed by atoms with Crippen LogP contribution in [0.15, 0.2) is 18.2 Å². The van der Waals surface area contributed by atoms with Crippen LogP contribution in [0, 0.1) is 6.92 Å². The van der Waals surface area contributed by atoms with Gasteiger partial charge in [-0.1, -0.05) is 23.7 Å². The molecule has 0 aromatic heterocycles. The number of hydrogen-bond donors (Lipinski definition) is 2. The van der Waals surface area contributed by atoms with Crippen LogP contribution < -0.4 is 5.73 Å². The Kier molecular flexibility index (Phi) is 3.31. The molecule has 0 heterocycles. The minimum Gasteiger partial charge on any atom is -0.391 e. The number of halogens is 1. The van der Waals surface area contributed by atoms with Crippen molar-refractivity contribution in [3.05, 3.63) is 34.3 Å². The van der Waals surface area contributed by atoms with Gasteiger partial charge in [0, 0.05) is 5.02 Å². The summed E-state index contributed by atoms with van der Waals surface area (Å²) in [7, 11) is 0. The quantitative estimate of drug-likeness (QED) is 0.766. The molecule has 1 aromatic rings. The lowest BCUT2D eigenvalue weighted by molar-refractivity contribution is 0.164. The van der Waals surface area contributed by atoms with E-state index in [-0.39, 0.29) is 6.04 Å².